The van der Waals surface area contributed by atoms with Crippen molar-refractivity contribution >= 4 is 11.0 Å². The zero-order chi connectivity index (χ0) is 9.14. The molecular weight excluding hydrogens is 174 g/mol. The van der Waals surface area contributed by atoms with Crippen molar-refractivity contribution in [3.05, 3.63) is 35.0 Å². The van der Waals surface area contributed by atoms with E-state index in [0.717, 1.165) is 5.56 Å². The number of hydrogen-bond donors (Lipinski definition) is 0. The molecule has 66 valence electrons. The molecule has 0 amide bonds. The van der Waals surface area contributed by atoms with Crippen LogP contribution in [0, 0.1) is 12.1 Å². The van der Waals surface area contributed by atoms with Crippen LogP contribution in [0.25, 0.3) is 0 Å². The van der Waals surface area contributed by atoms with E-state index in [1.165, 1.54) is 7.05 Å². The quantitative estimate of drug-likeness (QED) is 0.653. The maximum atomic E-state index is 11.2. The van der Waals surface area contributed by atoms with Crippen LogP contribution >= 0.6 is 0 Å². The highest BCUT2D eigenvalue weighted by Gasteiger charge is 2.00. The van der Waals surface area contributed by atoms with Gasteiger partial charge in [0.2, 0.25) is 0 Å². The van der Waals surface area contributed by atoms with E-state index < -0.39 is 11.0 Å². The Bertz CT molecular complexity index is 282. The van der Waals surface area contributed by atoms with Crippen molar-refractivity contribution in [2.45, 2.75) is 11.8 Å². The minimum absolute atomic E-state index is 0.435. The fourth-order valence-electron chi connectivity index (χ4n) is 0.803. The Kier molecular flexibility index (Phi) is 2.97. The molecule has 0 aliphatic carbocycles. The molecule has 3 nitrogen and oxygen atoms in total. The summed E-state index contributed by atoms with van der Waals surface area (Å²) in [4.78, 5) is 0.540. The predicted octanol–water partition coefficient (Wildman–Crippen LogP) is 1.45. The van der Waals surface area contributed by atoms with Crippen LogP contribution in [0.15, 0.2) is 29.2 Å². The van der Waals surface area contributed by atoms with Crippen LogP contribution in [0.1, 0.15) is 5.56 Å². The second kappa shape index (κ2) is 3.80. The highest BCUT2D eigenvalue weighted by atomic mass is 32.2. The molecule has 0 aromatic heterocycles. The summed E-state index contributed by atoms with van der Waals surface area (Å²) in [5.41, 5.74) is 1.09. The molecule has 1 unspecified atom stereocenters. The summed E-state index contributed by atoms with van der Waals surface area (Å²) in [6.07, 6.45) is 0. The summed E-state index contributed by atoms with van der Waals surface area (Å²) in [5, 5.41) is 10.6. The van der Waals surface area contributed by atoms with Gasteiger partial charge in [-0.2, -0.15) is 0 Å². The molecule has 0 aliphatic rings. The Morgan fingerprint density at radius 2 is 1.83 bits per heavy atom. The Morgan fingerprint density at radius 3 is 2.25 bits per heavy atom. The van der Waals surface area contributed by atoms with Crippen molar-refractivity contribution in [3.63, 3.8) is 0 Å². The first-order chi connectivity index (χ1) is 5.61. The molecule has 4 heteroatoms. The number of hydroxylamine groups is 1. The largest absolute Gasteiger partial charge is 0.774 e. The number of nitrogens with zero attached hydrogens (tertiary/aromatic N) is 1. The van der Waals surface area contributed by atoms with Gasteiger partial charge in [0.25, 0.3) is 0 Å². The van der Waals surface area contributed by atoms with E-state index in [1.807, 2.05) is 19.1 Å². The van der Waals surface area contributed by atoms with Crippen molar-refractivity contribution in [2.75, 3.05) is 7.05 Å². The van der Waals surface area contributed by atoms with Crippen LogP contribution < -0.4 is 0 Å². The van der Waals surface area contributed by atoms with Gasteiger partial charge < -0.3 is 9.68 Å². The maximum Gasteiger partial charge on any atom is 0.115 e. The average molecular weight is 184 g/mol. The lowest BCUT2D eigenvalue weighted by atomic mass is 10.2. The van der Waals surface area contributed by atoms with Crippen molar-refractivity contribution in [1.29, 1.82) is 0 Å². The van der Waals surface area contributed by atoms with Gasteiger partial charge in [0, 0.05) is 0 Å². The lowest BCUT2D eigenvalue weighted by molar-refractivity contribution is 0.630. The zero-order valence-corrected chi connectivity index (χ0v) is 7.80. The van der Waals surface area contributed by atoms with Crippen LogP contribution in [0.5, 0.6) is 0 Å². The van der Waals surface area contributed by atoms with Gasteiger partial charge in [-0.3, -0.25) is 0 Å². The molecule has 0 radical (unpaired) electrons. The Labute approximate surface area is 74.2 Å². The first-order valence-electron chi connectivity index (χ1n) is 3.50. The summed E-state index contributed by atoms with van der Waals surface area (Å²) in [7, 11) is -0.320. The second-order valence-corrected chi connectivity index (χ2v) is 3.99. The summed E-state index contributed by atoms with van der Waals surface area (Å²) < 4.78 is 11.6. The molecule has 0 aliphatic heterocycles. The molecule has 1 atom stereocenters. The average Bonchev–Trinajstić information content (AvgIpc) is 2.04. The maximum absolute atomic E-state index is 11.2. The van der Waals surface area contributed by atoms with E-state index >= 15 is 0 Å². The molecule has 12 heavy (non-hydrogen) atoms. The van der Waals surface area contributed by atoms with Crippen LogP contribution in [0.3, 0.4) is 0 Å². The van der Waals surface area contributed by atoms with E-state index in [1.54, 1.807) is 12.1 Å². The Balaban J connectivity index is 2.90. The molecule has 0 N–H and O–H groups in total. The predicted molar refractivity (Wildman–Crippen MR) is 48.7 cm³/mol. The van der Waals surface area contributed by atoms with Crippen LogP contribution in [-0.4, -0.2) is 15.7 Å². The third kappa shape index (κ3) is 2.14. The topological polar surface area (TPSA) is 43.4 Å². The van der Waals surface area contributed by atoms with Crippen molar-refractivity contribution in [3.8, 4) is 0 Å². The van der Waals surface area contributed by atoms with E-state index in [-0.39, 0.29) is 0 Å². The van der Waals surface area contributed by atoms with E-state index in [9.17, 15) is 9.42 Å². The normalized spacial score (nSPS) is 13.3. The van der Waals surface area contributed by atoms with Gasteiger partial charge in [-0.15, -0.1) is 0 Å². The molecule has 1 aromatic rings. The van der Waals surface area contributed by atoms with E-state index in [4.69, 9.17) is 0 Å². The zero-order valence-electron chi connectivity index (χ0n) is 6.98. The number of benzene rings is 1. The standard InChI is InChI=1S/C8H10NO2S/c1-7-3-5-8(6-4-7)12(11)9(2)10/h3-6H,1-2H3/q-1. The minimum Gasteiger partial charge on any atom is -0.774 e. The molecule has 0 saturated carbocycles. The third-order valence-electron chi connectivity index (χ3n) is 1.46. The van der Waals surface area contributed by atoms with Crippen molar-refractivity contribution in [1.82, 2.24) is 4.47 Å². The molecule has 0 heterocycles. The van der Waals surface area contributed by atoms with E-state index in [2.05, 4.69) is 0 Å². The smallest absolute Gasteiger partial charge is 0.115 e. The monoisotopic (exact) mass is 184 g/mol. The van der Waals surface area contributed by atoms with Crippen LogP contribution in [-0.2, 0) is 11.0 Å². The fourth-order valence-corrected chi connectivity index (χ4v) is 1.47. The summed E-state index contributed by atoms with van der Waals surface area (Å²) >= 11 is 0. The third-order valence-corrected chi connectivity index (χ3v) is 2.60. The highest BCUT2D eigenvalue weighted by molar-refractivity contribution is 7.82. The van der Waals surface area contributed by atoms with Gasteiger partial charge in [-0.25, -0.2) is 4.21 Å². The molecule has 0 fully saturated rings. The van der Waals surface area contributed by atoms with Crippen molar-refractivity contribution in [2.24, 2.45) is 0 Å². The molecule has 0 saturated heterocycles. The van der Waals surface area contributed by atoms with Crippen molar-refractivity contribution < 1.29 is 4.21 Å². The SMILES string of the molecule is Cc1ccc(S(=O)N(C)[O-])cc1. The summed E-state index contributed by atoms with van der Waals surface area (Å²) in [5.74, 6) is 0. The summed E-state index contributed by atoms with van der Waals surface area (Å²) in [6, 6.07) is 7.05. The highest BCUT2D eigenvalue weighted by Crippen LogP contribution is 2.09. The molecule has 0 bridgehead atoms. The fraction of sp³-hybridized carbons (Fsp3) is 0.250. The van der Waals surface area contributed by atoms with E-state index in [0.29, 0.717) is 9.36 Å². The van der Waals surface area contributed by atoms with Gasteiger partial charge in [-0.1, -0.05) is 17.7 Å². The van der Waals surface area contributed by atoms with Gasteiger partial charge >= 0.3 is 0 Å². The number of rotatable bonds is 2. The summed E-state index contributed by atoms with van der Waals surface area (Å²) in [6.45, 7) is 1.94. The lowest BCUT2D eigenvalue weighted by Crippen LogP contribution is -2.12. The molecular formula is C8H10NO2S-. The molecule has 1 rings (SSSR count). The van der Waals surface area contributed by atoms with Gasteiger partial charge in [0.05, 0.1) is 4.90 Å². The Morgan fingerprint density at radius 1 is 1.33 bits per heavy atom. The number of aryl methyl sites for hydroxylation is 1. The molecule has 1 aromatic carbocycles. The van der Waals surface area contributed by atoms with Gasteiger partial charge in [-0.05, 0) is 26.1 Å². The first-order valence-corrected chi connectivity index (χ1v) is 4.61. The first kappa shape index (κ1) is 9.38. The molecule has 0 spiro atoms. The Hall–Kier alpha value is -0.710. The van der Waals surface area contributed by atoms with Gasteiger partial charge in [0.1, 0.15) is 11.0 Å². The van der Waals surface area contributed by atoms with Crippen LogP contribution in [0.2, 0.25) is 0 Å². The second-order valence-electron chi connectivity index (χ2n) is 2.50. The minimum atomic E-state index is -1.57. The lowest BCUT2D eigenvalue weighted by Gasteiger charge is -2.19. The van der Waals surface area contributed by atoms with Gasteiger partial charge in [0.15, 0.2) is 0 Å². The van der Waals surface area contributed by atoms with Crippen LogP contribution in [0.4, 0.5) is 0 Å². The number of hydrogen-bond acceptors (Lipinski definition) is 2.